The monoisotopic (exact) mass is 248 g/mol. The average molecular weight is 248 g/mol. The van der Waals surface area contributed by atoms with Gasteiger partial charge in [0, 0.05) is 26.2 Å². The van der Waals surface area contributed by atoms with Gasteiger partial charge in [0.2, 0.25) is 0 Å². The van der Waals surface area contributed by atoms with Crippen LogP contribution in [0.1, 0.15) is 5.56 Å². The van der Waals surface area contributed by atoms with E-state index in [-0.39, 0.29) is 11.6 Å². The molecule has 1 aromatic rings. The number of nitrogens with one attached hydrogen (secondary N) is 2. The van der Waals surface area contributed by atoms with Crippen molar-refractivity contribution < 1.29 is 9.18 Å². The highest BCUT2D eigenvalue weighted by Crippen LogP contribution is 2.15. The van der Waals surface area contributed by atoms with Crippen LogP contribution in [-0.4, -0.2) is 37.1 Å². The van der Waals surface area contributed by atoms with Crippen LogP contribution < -0.4 is 10.6 Å². The first-order valence-corrected chi connectivity index (χ1v) is 5.67. The van der Waals surface area contributed by atoms with E-state index in [4.69, 9.17) is 5.26 Å². The summed E-state index contributed by atoms with van der Waals surface area (Å²) in [5.74, 6) is -0.434. The fraction of sp³-hybridized carbons (Fsp3) is 0.333. The molecule has 0 aromatic heterocycles. The molecule has 18 heavy (non-hydrogen) atoms. The van der Waals surface area contributed by atoms with Gasteiger partial charge in [-0.1, -0.05) is 0 Å². The normalized spacial score (nSPS) is 14.2. The van der Waals surface area contributed by atoms with E-state index < -0.39 is 5.82 Å². The summed E-state index contributed by atoms with van der Waals surface area (Å²) in [7, 11) is 0. The molecule has 0 bridgehead atoms. The molecule has 0 radical (unpaired) electrons. The van der Waals surface area contributed by atoms with Crippen LogP contribution in [0.15, 0.2) is 18.2 Å². The second-order valence-electron chi connectivity index (χ2n) is 3.95. The van der Waals surface area contributed by atoms with Gasteiger partial charge in [-0.3, -0.25) is 0 Å². The van der Waals surface area contributed by atoms with Crippen molar-refractivity contribution in [3.8, 4) is 6.07 Å². The molecule has 1 heterocycles. The number of benzene rings is 1. The molecule has 1 aliphatic rings. The number of hydrogen-bond donors (Lipinski definition) is 2. The van der Waals surface area contributed by atoms with E-state index in [1.165, 1.54) is 18.2 Å². The SMILES string of the molecule is N#Cc1cc(F)ccc1NCCN1CCNC1=O. The van der Waals surface area contributed by atoms with Crippen LogP contribution in [-0.2, 0) is 0 Å². The molecule has 1 aromatic carbocycles. The van der Waals surface area contributed by atoms with E-state index in [1.54, 1.807) is 4.90 Å². The molecule has 94 valence electrons. The number of anilines is 1. The number of amides is 2. The Balaban J connectivity index is 1.90. The van der Waals surface area contributed by atoms with Crippen molar-refractivity contribution in [2.75, 3.05) is 31.5 Å². The van der Waals surface area contributed by atoms with Crippen LogP contribution in [0.4, 0.5) is 14.9 Å². The predicted molar refractivity (Wildman–Crippen MR) is 64.6 cm³/mol. The molecule has 0 unspecified atom stereocenters. The summed E-state index contributed by atoms with van der Waals surface area (Å²) in [5, 5.41) is 14.6. The number of hydrogen-bond acceptors (Lipinski definition) is 3. The molecule has 0 saturated carbocycles. The predicted octanol–water partition coefficient (Wildman–Crippen LogP) is 1.13. The summed E-state index contributed by atoms with van der Waals surface area (Å²) in [5.41, 5.74) is 0.847. The van der Waals surface area contributed by atoms with E-state index in [0.717, 1.165) is 0 Å². The fourth-order valence-corrected chi connectivity index (χ4v) is 1.81. The second kappa shape index (κ2) is 5.36. The van der Waals surface area contributed by atoms with E-state index in [1.807, 2.05) is 6.07 Å². The molecule has 0 atom stereocenters. The highest BCUT2D eigenvalue weighted by molar-refractivity contribution is 5.76. The quantitative estimate of drug-likeness (QED) is 0.839. The van der Waals surface area contributed by atoms with E-state index in [0.29, 0.717) is 31.9 Å². The Morgan fingerprint density at radius 3 is 3.06 bits per heavy atom. The molecule has 0 spiro atoms. The number of carbonyl (C=O) groups excluding carboxylic acids is 1. The first-order valence-electron chi connectivity index (χ1n) is 5.67. The molecule has 5 nitrogen and oxygen atoms in total. The van der Waals surface area contributed by atoms with Crippen LogP contribution in [0, 0.1) is 17.1 Å². The molecule has 0 aliphatic carbocycles. The third-order valence-electron chi connectivity index (χ3n) is 2.74. The molecule has 2 N–H and O–H groups in total. The van der Waals surface area contributed by atoms with Crippen molar-refractivity contribution in [3.05, 3.63) is 29.6 Å². The van der Waals surface area contributed by atoms with Crippen molar-refractivity contribution >= 4 is 11.7 Å². The minimum atomic E-state index is -0.434. The summed E-state index contributed by atoms with van der Waals surface area (Å²) >= 11 is 0. The summed E-state index contributed by atoms with van der Waals surface area (Å²) in [6, 6.07) is 5.86. The topological polar surface area (TPSA) is 68.2 Å². The second-order valence-corrected chi connectivity index (χ2v) is 3.95. The van der Waals surface area contributed by atoms with Gasteiger partial charge in [-0.05, 0) is 18.2 Å². The Labute approximate surface area is 104 Å². The Bertz CT molecular complexity index is 497. The van der Waals surface area contributed by atoms with Gasteiger partial charge < -0.3 is 15.5 Å². The van der Waals surface area contributed by atoms with Crippen molar-refractivity contribution in [2.24, 2.45) is 0 Å². The fourth-order valence-electron chi connectivity index (χ4n) is 1.81. The summed E-state index contributed by atoms with van der Waals surface area (Å²) in [6.45, 7) is 2.43. The van der Waals surface area contributed by atoms with E-state index in [2.05, 4.69) is 10.6 Å². The number of halogens is 1. The van der Waals surface area contributed by atoms with Crippen LogP contribution in [0.3, 0.4) is 0 Å². The van der Waals surface area contributed by atoms with Crippen LogP contribution in [0.25, 0.3) is 0 Å². The van der Waals surface area contributed by atoms with E-state index >= 15 is 0 Å². The zero-order chi connectivity index (χ0) is 13.0. The van der Waals surface area contributed by atoms with Gasteiger partial charge in [-0.25, -0.2) is 9.18 Å². The maximum atomic E-state index is 12.9. The summed E-state index contributed by atoms with van der Waals surface area (Å²) in [6.07, 6.45) is 0. The number of nitriles is 1. The number of urea groups is 1. The van der Waals surface area contributed by atoms with Crippen molar-refractivity contribution in [2.45, 2.75) is 0 Å². The third kappa shape index (κ3) is 2.69. The first kappa shape index (κ1) is 12.2. The molecule has 1 aliphatic heterocycles. The van der Waals surface area contributed by atoms with Crippen LogP contribution >= 0.6 is 0 Å². The zero-order valence-electron chi connectivity index (χ0n) is 9.74. The third-order valence-corrected chi connectivity index (χ3v) is 2.74. The van der Waals surface area contributed by atoms with Crippen molar-refractivity contribution in [1.82, 2.24) is 10.2 Å². The van der Waals surface area contributed by atoms with Gasteiger partial charge in [0.25, 0.3) is 0 Å². The zero-order valence-corrected chi connectivity index (χ0v) is 9.74. The highest BCUT2D eigenvalue weighted by Gasteiger charge is 2.18. The Morgan fingerprint density at radius 2 is 2.39 bits per heavy atom. The lowest BCUT2D eigenvalue weighted by atomic mass is 10.2. The van der Waals surface area contributed by atoms with Crippen molar-refractivity contribution in [3.63, 3.8) is 0 Å². The molecular formula is C12H13FN4O. The van der Waals surface area contributed by atoms with E-state index in [9.17, 15) is 9.18 Å². The molecule has 2 amide bonds. The minimum absolute atomic E-state index is 0.0728. The Hall–Kier alpha value is -2.29. The van der Waals surface area contributed by atoms with Gasteiger partial charge in [0.15, 0.2) is 0 Å². The first-order chi connectivity index (χ1) is 8.70. The lowest BCUT2D eigenvalue weighted by molar-refractivity contribution is 0.219. The molecule has 2 rings (SSSR count). The number of nitrogens with zero attached hydrogens (tertiary/aromatic N) is 2. The van der Waals surface area contributed by atoms with Gasteiger partial charge in [0.05, 0.1) is 11.3 Å². The van der Waals surface area contributed by atoms with Crippen LogP contribution in [0.5, 0.6) is 0 Å². The lowest BCUT2D eigenvalue weighted by Crippen LogP contribution is -2.32. The lowest BCUT2D eigenvalue weighted by Gasteiger charge is -2.15. The molecule has 1 fully saturated rings. The van der Waals surface area contributed by atoms with Crippen LogP contribution in [0.2, 0.25) is 0 Å². The van der Waals surface area contributed by atoms with Crippen molar-refractivity contribution in [1.29, 1.82) is 5.26 Å². The van der Waals surface area contributed by atoms with Gasteiger partial charge in [0.1, 0.15) is 11.9 Å². The molecular weight excluding hydrogens is 235 g/mol. The Kier molecular flexibility index (Phi) is 3.63. The standard InChI is InChI=1S/C12H13FN4O/c13-10-1-2-11(9(7-10)8-14)15-3-5-17-6-4-16-12(17)18/h1-2,7,15H,3-6H2,(H,16,18). The average Bonchev–Trinajstić information content (AvgIpc) is 2.77. The highest BCUT2D eigenvalue weighted by atomic mass is 19.1. The minimum Gasteiger partial charge on any atom is -0.382 e. The summed E-state index contributed by atoms with van der Waals surface area (Å²) in [4.78, 5) is 13.0. The van der Waals surface area contributed by atoms with Gasteiger partial charge >= 0.3 is 6.03 Å². The smallest absolute Gasteiger partial charge is 0.317 e. The molecule has 6 heteroatoms. The largest absolute Gasteiger partial charge is 0.382 e. The van der Waals surface area contributed by atoms with Gasteiger partial charge in [-0.2, -0.15) is 5.26 Å². The molecule has 1 saturated heterocycles. The number of carbonyl (C=O) groups is 1. The maximum absolute atomic E-state index is 12.9. The number of rotatable bonds is 4. The summed E-state index contributed by atoms with van der Waals surface area (Å²) < 4.78 is 12.9. The maximum Gasteiger partial charge on any atom is 0.317 e. The van der Waals surface area contributed by atoms with Gasteiger partial charge in [-0.15, -0.1) is 0 Å². The Morgan fingerprint density at radius 1 is 1.56 bits per heavy atom.